The first-order chi connectivity index (χ1) is 28.7. The molecule has 0 aromatic rings. The van der Waals surface area contributed by atoms with Gasteiger partial charge in [0.05, 0.1) is 6.61 Å². The van der Waals surface area contributed by atoms with Crippen molar-refractivity contribution in [1.29, 1.82) is 0 Å². The van der Waals surface area contributed by atoms with Gasteiger partial charge >= 0.3 is 5.97 Å². The number of hydrogen-bond donors (Lipinski definition) is 2. The lowest BCUT2D eigenvalue weighted by Crippen LogP contribution is -2.21. The average molecular weight is 841 g/mol. The minimum absolute atomic E-state index is 0.103. The molecule has 1 atom stereocenters. The molecule has 8 nitrogen and oxygen atoms in total. The summed E-state index contributed by atoms with van der Waals surface area (Å²) in [5.74, 6) is -2.09. The standard InChI is InChI=1S/C19H38O4.2C16H32O2/c1-2-3-4-5-6-7-8-9-10-11-12-13-14-15-19(22)23-17-18(21)16-20;2*1-2-3-4-5-6-7-8-9-10-11-12-13-14-15-16(17)18/h18,20-21H,2-17H2,1H3;2*2-15H2,1H3,(H,17,18)/p-2. The molecule has 0 aromatic carbocycles. The number of aliphatic carboxylic acids is 2. The van der Waals surface area contributed by atoms with E-state index in [0.29, 0.717) is 6.42 Å². The Hall–Kier alpha value is -1.67. The summed E-state index contributed by atoms with van der Waals surface area (Å²) >= 11 is 0. The minimum Gasteiger partial charge on any atom is -0.550 e. The molecule has 0 fully saturated rings. The fourth-order valence-electron chi connectivity index (χ4n) is 7.18. The summed E-state index contributed by atoms with van der Waals surface area (Å²) < 4.78 is 4.85. The summed E-state index contributed by atoms with van der Waals surface area (Å²) in [6.07, 6.45) is 50.0. The largest absolute Gasteiger partial charge is 0.550 e. The number of carbonyl (C=O) groups excluding carboxylic acids is 3. The number of hydrogen-bond acceptors (Lipinski definition) is 8. The molecule has 0 aromatic heterocycles. The van der Waals surface area contributed by atoms with Gasteiger partial charge in [0.15, 0.2) is 0 Å². The molecule has 1 unspecified atom stereocenters. The summed E-state index contributed by atoms with van der Waals surface area (Å²) in [7, 11) is 0. The van der Waals surface area contributed by atoms with Crippen LogP contribution in [-0.4, -0.2) is 47.4 Å². The lowest BCUT2D eigenvalue weighted by atomic mass is 10.0. The van der Waals surface area contributed by atoms with E-state index in [2.05, 4.69) is 20.8 Å². The van der Waals surface area contributed by atoms with Crippen LogP contribution in [0.15, 0.2) is 0 Å². The molecule has 0 aliphatic carbocycles. The Balaban J connectivity index is -0.000000807. The normalized spacial score (nSPS) is 11.3. The maximum absolute atomic E-state index is 11.3. The Morgan fingerprint density at radius 3 is 0.780 bits per heavy atom. The third-order valence-electron chi connectivity index (χ3n) is 11.1. The second-order valence-corrected chi connectivity index (χ2v) is 17.2. The molecule has 0 rings (SSSR count). The van der Waals surface area contributed by atoms with Crippen LogP contribution in [0.3, 0.4) is 0 Å². The van der Waals surface area contributed by atoms with Crippen molar-refractivity contribution < 1.29 is 39.5 Å². The number of carboxylic acid groups (broad SMARTS) is 2. The monoisotopic (exact) mass is 841 g/mol. The van der Waals surface area contributed by atoms with Gasteiger partial charge in [-0.15, -0.1) is 0 Å². The van der Waals surface area contributed by atoms with E-state index in [1.807, 2.05) is 0 Å². The quantitative estimate of drug-likeness (QED) is 0.0455. The zero-order chi connectivity index (χ0) is 44.1. The van der Waals surface area contributed by atoms with Gasteiger partial charge in [0, 0.05) is 18.4 Å². The molecule has 0 aliphatic heterocycles. The number of aliphatic hydroxyl groups excluding tert-OH is 2. The van der Waals surface area contributed by atoms with Gasteiger partial charge in [-0.1, -0.05) is 252 Å². The van der Waals surface area contributed by atoms with Crippen molar-refractivity contribution in [3.05, 3.63) is 0 Å². The molecular formula is C51H100O8-2. The summed E-state index contributed by atoms with van der Waals surface area (Å²) in [6.45, 7) is 6.30. The molecule has 0 heterocycles. The molecule has 0 spiro atoms. The first-order valence-electron chi connectivity index (χ1n) is 25.6. The van der Waals surface area contributed by atoms with Gasteiger partial charge in [-0.25, -0.2) is 0 Å². The zero-order valence-corrected chi connectivity index (χ0v) is 39.5. The molecule has 0 bridgehead atoms. The fraction of sp³-hybridized carbons (Fsp3) is 0.941. The predicted molar refractivity (Wildman–Crippen MR) is 245 cm³/mol. The van der Waals surface area contributed by atoms with Crippen molar-refractivity contribution in [2.24, 2.45) is 0 Å². The molecule has 354 valence electrons. The van der Waals surface area contributed by atoms with Crippen molar-refractivity contribution in [3.63, 3.8) is 0 Å². The summed E-state index contributed by atoms with van der Waals surface area (Å²) in [4.78, 5) is 31.7. The van der Waals surface area contributed by atoms with Crippen LogP contribution in [0.25, 0.3) is 0 Å². The first-order valence-corrected chi connectivity index (χ1v) is 25.6. The number of carbonyl (C=O) groups is 3. The van der Waals surface area contributed by atoms with Crippen LogP contribution in [0.2, 0.25) is 0 Å². The molecule has 8 heteroatoms. The molecule has 0 amide bonds. The van der Waals surface area contributed by atoms with E-state index in [1.165, 1.54) is 212 Å². The van der Waals surface area contributed by atoms with E-state index >= 15 is 0 Å². The SMILES string of the molecule is CCCCCCCCCCCCCCCC(=O)OCC(O)CO.CCCCCCCCCCCCCCCC(=O)[O-].CCCCCCCCCCCCCCCC(=O)[O-]. The van der Waals surface area contributed by atoms with Crippen LogP contribution in [0, 0.1) is 0 Å². The predicted octanol–water partition coefficient (Wildman–Crippen LogP) is 12.8. The molecule has 0 radical (unpaired) electrons. The van der Waals surface area contributed by atoms with E-state index < -0.39 is 18.0 Å². The summed E-state index contributed by atoms with van der Waals surface area (Å²) in [5.41, 5.74) is 0. The summed E-state index contributed by atoms with van der Waals surface area (Å²) in [6, 6.07) is 0. The molecule has 0 aliphatic rings. The molecule has 0 saturated carbocycles. The van der Waals surface area contributed by atoms with Crippen LogP contribution in [0.5, 0.6) is 0 Å². The van der Waals surface area contributed by atoms with E-state index in [1.54, 1.807) is 0 Å². The topological polar surface area (TPSA) is 147 Å². The summed E-state index contributed by atoms with van der Waals surface area (Å²) in [5, 5.41) is 38.0. The van der Waals surface area contributed by atoms with Crippen LogP contribution >= 0.6 is 0 Å². The van der Waals surface area contributed by atoms with Gasteiger partial charge in [-0.05, 0) is 32.1 Å². The van der Waals surface area contributed by atoms with Crippen LogP contribution < -0.4 is 10.2 Å². The van der Waals surface area contributed by atoms with Crippen molar-refractivity contribution in [1.82, 2.24) is 0 Å². The van der Waals surface area contributed by atoms with Gasteiger partial charge in [0.25, 0.3) is 0 Å². The maximum atomic E-state index is 11.3. The minimum atomic E-state index is -0.953. The third kappa shape index (κ3) is 65.6. The maximum Gasteiger partial charge on any atom is 0.305 e. The van der Waals surface area contributed by atoms with Gasteiger partial charge in [-0.2, -0.15) is 0 Å². The second kappa shape index (κ2) is 56.3. The second-order valence-electron chi connectivity index (χ2n) is 17.2. The highest BCUT2D eigenvalue weighted by Crippen LogP contribution is 2.15. The van der Waals surface area contributed by atoms with Crippen molar-refractivity contribution in [2.75, 3.05) is 13.2 Å². The lowest BCUT2D eigenvalue weighted by molar-refractivity contribution is -0.307. The highest BCUT2D eigenvalue weighted by molar-refractivity contribution is 5.69. The van der Waals surface area contributed by atoms with Crippen LogP contribution in [-0.2, 0) is 19.1 Å². The Morgan fingerprint density at radius 2 is 0.576 bits per heavy atom. The Labute approximate surface area is 366 Å². The molecular weight excluding hydrogens is 741 g/mol. The van der Waals surface area contributed by atoms with E-state index in [-0.39, 0.29) is 32.0 Å². The Kier molecular flexibility index (Phi) is 58.8. The van der Waals surface area contributed by atoms with E-state index in [9.17, 15) is 24.6 Å². The Morgan fingerprint density at radius 1 is 0.373 bits per heavy atom. The van der Waals surface area contributed by atoms with E-state index in [4.69, 9.17) is 14.9 Å². The Bertz CT molecular complexity index is 780. The van der Waals surface area contributed by atoms with Gasteiger partial charge in [0.1, 0.15) is 12.7 Å². The van der Waals surface area contributed by atoms with Crippen molar-refractivity contribution in [2.45, 2.75) is 297 Å². The van der Waals surface area contributed by atoms with Gasteiger partial charge in [-0.3, -0.25) is 4.79 Å². The highest BCUT2D eigenvalue weighted by atomic mass is 16.5. The molecule has 2 N–H and O–H groups in total. The van der Waals surface area contributed by atoms with Crippen LogP contribution in [0.4, 0.5) is 0 Å². The van der Waals surface area contributed by atoms with Crippen LogP contribution in [0.1, 0.15) is 290 Å². The molecule has 59 heavy (non-hydrogen) atoms. The smallest absolute Gasteiger partial charge is 0.305 e. The number of esters is 1. The lowest BCUT2D eigenvalue weighted by Gasteiger charge is -2.08. The third-order valence-corrected chi connectivity index (χ3v) is 11.1. The number of ether oxygens (including phenoxy) is 1. The fourth-order valence-corrected chi connectivity index (χ4v) is 7.18. The highest BCUT2D eigenvalue weighted by Gasteiger charge is 2.07. The zero-order valence-electron chi connectivity index (χ0n) is 39.5. The molecule has 0 saturated heterocycles. The average Bonchev–Trinajstić information content (AvgIpc) is 3.22. The number of carboxylic acids is 2. The number of aliphatic hydroxyl groups is 2. The van der Waals surface area contributed by atoms with Gasteiger partial charge < -0.3 is 34.8 Å². The first kappa shape index (κ1) is 61.6. The van der Waals surface area contributed by atoms with E-state index in [0.717, 1.165) is 38.5 Å². The van der Waals surface area contributed by atoms with Crippen molar-refractivity contribution in [3.8, 4) is 0 Å². The number of rotatable bonds is 45. The van der Waals surface area contributed by atoms with Gasteiger partial charge in [0.2, 0.25) is 0 Å². The number of unbranched alkanes of at least 4 members (excludes halogenated alkanes) is 36. The van der Waals surface area contributed by atoms with Crippen molar-refractivity contribution >= 4 is 17.9 Å².